The van der Waals surface area contributed by atoms with Crippen molar-refractivity contribution >= 4 is 6.03 Å². The van der Waals surface area contributed by atoms with Gasteiger partial charge in [0.05, 0.1) is 13.1 Å². The molecule has 2 N–H and O–H groups in total. The molecule has 0 spiro atoms. The fourth-order valence-corrected chi connectivity index (χ4v) is 2.14. The van der Waals surface area contributed by atoms with Crippen LogP contribution in [-0.2, 0) is 6.54 Å². The quantitative estimate of drug-likeness (QED) is 0.829. The van der Waals surface area contributed by atoms with Crippen LogP contribution in [0.4, 0.5) is 9.18 Å². The van der Waals surface area contributed by atoms with Gasteiger partial charge in [0.15, 0.2) is 0 Å². The third kappa shape index (κ3) is 5.84. The van der Waals surface area contributed by atoms with E-state index in [4.69, 9.17) is 0 Å². The summed E-state index contributed by atoms with van der Waals surface area (Å²) in [4.78, 5) is 13.8. The molecule has 5 heteroatoms. The topological polar surface area (TPSA) is 44.4 Å². The Morgan fingerprint density at radius 3 is 2.57 bits per heavy atom. The van der Waals surface area contributed by atoms with Gasteiger partial charge < -0.3 is 10.6 Å². The lowest BCUT2D eigenvalue weighted by molar-refractivity contribution is 0.241. The summed E-state index contributed by atoms with van der Waals surface area (Å²) in [5.41, 5.74) is 0.853. The summed E-state index contributed by atoms with van der Waals surface area (Å²) in [5.74, 6) is 5.71. The molecule has 2 amide bonds. The van der Waals surface area contributed by atoms with Crippen molar-refractivity contribution in [3.8, 4) is 11.8 Å². The minimum Gasteiger partial charge on any atom is -0.334 e. The molecule has 21 heavy (non-hydrogen) atoms. The Bertz CT molecular complexity index is 513. The van der Waals surface area contributed by atoms with E-state index in [-0.39, 0.29) is 11.8 Å². The van der Waals surface area contributed by atoms with Crippen molar-refractivity contribution in [2.24, 2.45) is 0 Å². The van der Waals surface area contributed by atoms with Gasteiger partial charge in [0.1, 0.15) is 5.82 Å². The highest BCUT2D eigenvalue weighted by Crippen LogP contribution is 2.05. The zero-order chi connectivity index (χ0) is 14.9. The maximum absolute atomic E-state index is 12.7. The molecule has 0 aliphatic carbocycles. The van der Waals surface area contributed by atoms with E-state index in [9.17, 15) is 9.18 Å². The maximum atomic E-state index is 12.7. The molecule has 0 aromatic heterocycles. The molecule has 1 aliphatic rings. The number of halogens is 1. The van der Waals surface area contributed by atoms with Crippen LogP contribution in [0.5, 0.6) is 0 Å². The van der Waals surface area contributed by atoms with Crippen LogP contribution < -0.4 is 10.6 Å². The molecule has 0 atom stereocenters. The van der Waals surface area contributed by atoms with Crippen LogP contribution >= 0.6 is 0 Å². The van der Waals surface area contributed by atoms with Crippen LogP contribution in [0.1, 0.15) is 18.4 Å². The zero-order valence-electron chi connectivity index (χ0n) is 12.0. The van der Waals surface area contributed by atoms with Crippen LogP contribution in [0, 0.1) is 17.7 Å². The number of hydrogen-bond donors (Lipinski definition) is 2. The number of carbonyl (C=O) groups is 1. The summed E-state index contributed by atoms with van der Waals surface area (Å²) < 4.78 is 12.7. The van der Waals surface area contributed by atoms with Crippen molar-refractivity contribution in [1.82, 2.24) is 15.5 Å². The molecular formula is C16H20FN3O. The summed E-state index contributed by atoms with van der Waals surface area (Å²) in [7, 11) is 0. The molecule has 1 fully saturated rings. The minimum absolute atomic E-state index is 0.269. The fourth-order valence-electron chi connectivity index (χ4n) is 2.14. The maximum Gasteiger partial charge on any atom is 0.315 e. The highest BCUT2D eigenvalue weighted by molar-refractivity contribution is 5.74. The van der Waals surface area contributed by atoms with Crippen LogP contribution in [0.15, 0.2) is 24.3 Å². The Morgan fingerprint density at radius 1 is 1.14 bits per heavy atom. The van der Waals surface area contributed by atoms with Crippen LogP contribution in [0.2, 0.25) is 0 Å². The Hall–Kier alpha value is -2.06. The molecule has 1 aliphatic heterocycles. The first-order valence-electron chi connectivity index (χ1n) is 7.18. The number of urea groups is 1. The molecular weight excluding hydrogens is 269 g/mol. The molecule has 0 unspecified atom stereocenters. The Morgan fingerprint density at radius 2 is 1.86 bits per heavy atom. The van der Waals surface area contributed by atoms with Gasteiger partial charge in [-0.1, -0.05) is 24.0 Å². The number of nitrogens with one attached hydrogen (secondary N) is 2. The number of hydrogen-bond acceptors (Lipinski definition) is 2. The lowest BCUT2D eigenvalue weighted by Crippen LogP contribution is -2.35. The second-order valence-electron chi connectivity index (χ2n) is 5.00. The predicted molar refractivity (Wildman–Crippen MR) is 80.1 cm³/mol. The first-order chi connectivity index (χ1) is 10.2. The summed E-state index contributed by atoms with van der Waals surface area (Å²) in [5, 5.41) is 5.37. The van der Waals surface area contributed by atoms with Gasteiger partial charge in [-0.15, -0.1) is 0 Å². The zero-order valence-corrected chi connectivity index (χ0v) is 12.0. The highest BCUT2D eigenvalue weighted by Gasteiger charge is 2.08. The molecule has 1 aromatic rings. The van der Waals surface area contributed by atoms with E-state index in [1.54, 1.807) is 12.1 Å². The molecule has 112 valence electrons. The lowest BCUT2D eigenvalue weighted by atomic mass is 10.2. The first kappa shape index (κ1) is 15.3. The SMILES string of the molecule is O=C(NCC#CCN1CCCC1)NCc1ccc(F)cc1. The highest BCUT2D eigenvalue weighted by atomic mass is 19.1. The molecule has 0 saturated carbocycles. The Balaban J connectivity index is 1.59. The number of amides is 2. The Kier molecular flexibility index (Phi) is 6.04. The standard InChI is InChI=1S/C16H20FN3O/c17-15-7-5-14(6-8-15)13-19-16(21)18-9-1-2-10-20-11-3-4-12-20/h5-8H,3-4,9-13H2,(H2,18,19,21). The summed E-state index contributed by atoms with van der Waals surface area (Å²) in [6, 6.07) is 5.77. The smallest absolute Gasteiger partial charge is 0.315 e. The lowest BCUT2D eigenvalue weighted by Gasteiger charge is -2.08. The number of nitrogens with zero attached hydrogens (tertiary/aromatic N) is 1. The van der Waals surface area contributed by atoms with Crippen molar-refractivity contribution in [2.75, 3.05) is 26.2 Å². The second-order valence-corrected chi connectivity index (χ2v) is 5.00. The number of benzene rings is 1. The van der Waals surface area contributed by atoms with Crippen molar-refractivity contribution in [3.05, 3.63) is 35.6 Å². The molecule has 1 saturated heterocycles. The van der Waals surface area contributed by atoms with Crippen molar-refractivity contribution in [2.45, 2.75) is 19.4 Å². The van der Waals surface area contributed by atoms with E-state index in [0.29, 0.717) is 13.1 Å². The van der Waals surface area contributed by atoms with Crippen LogP contribution in [-0.4, -0.2) is 37.1 Å². The van der Waals surface area contributed by atoms with E-state index in [1.807, 2.05) is 0 Å². The molecule has 1 heterocycles. The first-order valence-corrected chi connectivity index (χ1v) is 7.18. The third-order valence-corrected chi connectivity index (χ3v) is 3.33. The largest absolute Gasteiger partial charge is 0.334 e. The van der Waals surface area contributed by atoms with E-state index in [2.05, 4.69) is 27.4 Å². The van der Waals surface area contributed by atoms with Crippen LogP contribution in [0.25, 0.3) is 0 Å². The number of rotatable bonds is 4. The van der Waals surface area contributed by atoms with Gasteiger partial charge in [-0.3, -0.25) is 4.90 Å². The molecule has 2 rings (SSSR count). The monoisotopic (exact) mass is 289 g/mol. The van der Waals surface area contributed by atoms with Crippen LogP contribution in [0.3, 0.4) is 0 Å². The Labute approximate surface area is 124 Å². The predicted octanol–water partition coefficient (Wildman–Crippen LogP) is 1.72. The van der Waals surface area contributed by atoms with Gasteiger partial charge in [0, 0.05) is 6.54 Å². The summed E-state index contributed by atoms with van der Waals surface area (Å²) in [6.07, 6.45) is 2.51. The van der Waals surface area contributed by atoms with Gasteiger partial charge in [0.25, 0.3) is 0 Å². The van der Waals surface area contributed by atoms with Crippen molar-refractivity contribution in [1.29, 1.82) is 0 Å². The molecule has 0 radical (unpaired) electrons. The van der Waals surface area contributed by atoms with E-state index < -0.39 is 0 Å². The second kappa shape index (κ2) is 8.28. The van der Waals surface area contributed by atoms with E-state index >= 15 is 0 Å². The normalized spacial score (nSPS) is 14.3. The van der Waals surface area contributed by atoms with Gasteiger partial charge >= 0.3 is 6.03 Å². The fraction of sp³-hybridized carbons (Fsp3) is 0.438. The summed E-state index contributed by atoms with van der Waals surface area (Å²) in [6.45, 7) is 3.73. The van der Waals surface area contributed by atoms with Crippen molar-refractivity contribution in [3.63, 3.8) is 0 Å². The molecule has 4 nitrogen and oxygen atoms in total. The van der Waals surface area contributed by atoms with Gasteiger partial charge in [-0.05, 0) is 43.6 Å². The number of likely N-dealkylation sites (tertiary alicyclic amines) is 1. The van der Waals surface area contributed by atoms with E-state index in [0.717, 1.165) is 25.2 Å². The van der Waals surface area contributed by atoms with E-state index in [1.165, 1.54) is 25.0 Å². The van der Waals surface area contributed by atoms with Gasteiger partial charge in [-0.25, -0.2) is 9.18 Å². The van der Waals surface area contributed by atoms with Gasteiger partial charge in [-0.2, -0.15) is 0 Å². The van der Waals surface area contributed by atoms with Crippen molar-refractivity contribution < 1.29 is 9.18 Å². The number of carbonyl (C=O) groups excluding carboxylic acids is 1. The summed E-state index contributed by atoms with van der Waals surface area (Å²) >= 11 is 0. The molecule has 0 bridgehead atoms. The van der Waals surface area contributed by atoms with Gasteiger partial charge in [0.2, 0.25) is 0 Å². The molecule has 1 aromatic carbocycles. The average Bonchev–Trinajstić information content (AvgIpc) is 2.99. The average molecular weight is 289 g/mol. The third-order valence-electron chi connectivity index (χ3n) is 3.33. The minimum atomic E-state index is -0.281.